The summed E-state index contributed by atoms with van der Waals surface area (Å²) in [5.41, 5.74) is 0.794. The molecule has 1 amide bonds. The molecule has 3 rings (SSSR count). The number of carbonyl (C=O) groups is 2. The lowest BCUT2D eigenvalue weighted by molar-refractivity contribution is -0.351. The summed E-state index contributed by atoms with van der Waals surface area (Å²) < 4.78 is 10.5. The van der Waals surface area contributed by atoms with Crippen molar-refractivity contribution in [1.29, 1.82) is 0 Å². The van der Waals surface area contributed by atoms with Gasteiger partial charge < -0.3 is 39.6 Å². The minimum absolute atomic E-state index is 0.224. The van der Waals surface area contributed by atoms with Crippen LogP contribution in [0.1, 0.15) is 18.0 Å². The standard InChI is InChI=1S/C16H20N2O8/c1-18-8(7-3-2-4-17-6-7)5-9(14(18)22)25-16-12(21)10(19)11(20)13(26-16)15(23)24/h2-4,6,8-13,16,19-21H,5H2,1H3,(H,23,24)/p-1/t8-,9+,10-,11-,12+,13-,16+/m0/s1. The van der Waals surface area contributed by atoms with Gasteiger partial charge in [0.15, 0.2) is 6.29 Å². The van der Waals surface area contributed by atoms with Crippen molar-refractivity contribution in [3.8, 4) is 0 Å². The Balaban J connectivity index is 1.73. The van der Waals surface area contributed by atoms with Gasteiger partial charge in [0, 0.05) is 25.9 Å². The Morgan fingerprint density at radius 3 is 2.69 bits per heavy atom. The molecule has 7 atom stereocenters. The fraction of sp³-hybridized carbons (Fsp3) is 0.562. The number of likely N-dealkylation sites (tertiary alicyclic amines) is 1. The zero-order valence-electron chi connectivity index (χ0n) is 13.8. The number of carbonyl (C=O) groups excluding carboxylic acids is 2. The van der Waals surface area contributed by atoms with Gasteiger partial charge in [-0.3, -0.25) is 9.78 Å². The number of amides is 1. The van der Waals surface area contributed by atoms with Crippen molar-refractivity contribution in [2.75, 3.05) is 7.05 Å². The first-order valence-corrected chi connectivity index (χ1v) is 8.04. The molecule has 0 aromatic carbocycles. The number of aliphatic carboxylic acids is 1. The first kappa shape index (κ1) is 18.7. The summed E-state index contributed by atoms with van der Waals surface area (Å²) in [6.45, 7) is 0. The Labute approximate surface area is 148 Å². The first-order chi connectivity index (χ1) is 12.3. The molecule has 0 unspecified atom stereocenters. The summed E-state index contributed by atoms with van der Waals surface area (Å²) in [6.07, 6.45) is -6.48. The topological polar surface area (TPSA) is 152 Å². The third-order valence-electron chi connectivity index (χ3n) is 4.70. The Morgan fingerprint density at radius 2 is 2.08 bits per heavy atom. The van der Waals surface area contributed by atoms with E-state index in [-0.39, 0.29) is 18.4 Å². The van der Waals surface area contributed by atoms with Crippen molar-refractivity contribution in [2.45, 2.75) is 49.3 Å². The van der Waals surface area contributed by atoms with E-state index in [0.717, 1.165) is 5.56 Å². The van der Waals surface area contributed by atoms with E-state index in [2.05, 4.69) is 4.98 Å². The van der Waals surface area contributed by atoms with Gasteiger partial charge in [0.2, 0.25) is 0 Å². The summed E-state index contributed by atoms with van der Waals surface area (Å²) in [4.78, 5) is 28.9. The number of ether oxygens (including phenoxy) is 2. The highest BCUT2D eigenvalue weighted by Crippen LogP contribution is 2.34. The molecular formula is C16H19N2O8-. The van der Waals surface area contributed by atoms with Crippen LogP contribution in [0.5, 0.6) is 0 Å². The quantitative estimate of drug-likeness (QED) is 0.503. The molecule has 2 fully saturated rings. The number of carboxylic acid groups (broad SMARTS) is 1. The van der Waals surface area contributed by atoms with Crippen LogP contribution in [0.25, 0.3) is 0 Å². The molecule has 10 nitrogen and oxygen atoms in total. The average molecular weight is 367 g/mol. The van der Waals surface area contributed by atoms with Gasteiger partial charge in [-0.05, 0) is 11.6 Å². The molecule has 0 aliphatic carbocycles. The van der Waals surface area contributed by atoms with E-state index < -0.39 is 42.8 Å². The molecule has 2 aliphatic rings. The number of aliphatic hydroxyl groups is 3. The Hall–Kier alpha value is -2.11. The number of pyridine rings is 1. The molecule has 0 bridgehead atoms. The van der Waals surface area contributed by atoms with Crippen molar-refractivity contribution in [2.24, 2.45) is 0 Å². The van der Waals surface area contributed by atoms with Gasteiger partial charge in [0.1, 0.15) is 30.5 Å². The molecule has 0 saturated carbocycles. The summed E-state index contributed by atoms with van der Waals surface area (Å²) >= 11 is 0. The smallest absolute Gasteiger partial charge is 0.252 e. The van der Waals surface area contributed by atoms with E-state index >= 15 is 0 Å². The zero-order valence-corrected chi connectivity index (χ0v) is 13.8. The number of hydrogen-bond donors (Lipinski definition) is 3. The molecule has 1 aromatic heterocycles. The molecular weight excluding hydrogens is 348 g/mol. The molecule has 2 aliphatic heterocycles. The first-order valence-electron chi connectivity index (χ1n) is 8.04. The predicted octanol–water partition coefficient (Wildman–Crippen LogP) is -3.07. The molecule has 0 spiro atoms. The Kier molecular flexibility index (Phi) is 5.21. The number of aromatic nitrogens is 1. The van der Waals surface area contributed by atoms with Gasteiger partial charge in [-0.2, -0.15) is 0 Å². The number of nitrogens with zero attached hydrogens (tertiary/aromatic N) is 2. The second kappa shape index (κ2) is 7.25. The molecule has 0 radical (unpaired) electrons. The predicted molar refractivity (Wildman–Crippen MR) is 80.9 cm³/mol. The highest BCUT2D eigenvalue weighted by Gasteiger charge is 2.48. The van der Waals surface area contributed by atoms with Gasteiger partial charge in [-0.15, -0.1) is 0 Å². The summed E-state index contributed by atoms with van der Waals surface area (Å²) in [7, 11) is 1.59. The maximum Gasteiger partial charge on any atom is 0.252 e. The zero-order chi connectivity index (χ0) is 19.0. The number of rotatable bonds is 4. The van der Waals surface area contributed by atoms with Gasteiger partial charge >= 0.3 is 0 Å². The summed E-state index contributed by atoms with van der Waals surface area (Å²) in [5.74, 6) is -2.15. The second-order valence-electron chi connectivity index (χ2n) is 6.33. The van der Waals surface area contributed by atoms with Crippen LogP contribution in [0.15, 0.2) is 24.5 Å². The molecule has 26 heavy (non-hydrogen) atoms. The highest BCUT2D eigenvalue weighted by molar-refractivity contribution is 5.83. The van der Waals surface area contributed by atoms with Crippen LogP contribution in [0.3, 0.4) is 0 Å². The van der Waals surface area contributed by atoms with E-state index in [1.54, 1.807) is 25.5 Å². The Bertz CT molecular complexity index is 671. The van der Waals surface area contributed by atoms with Crippen molar-refractivity contribution in [3.05, 3.63) is 30.1 Å². The van der Waals surface area contributed by atoms with Crippen LogP contribution >= 0.6 is 0 Å². The molecule has 1 aromatic rings. The number of hydrogen-bond acceptors (Lipinski definition) is 9. The Morgan fingerprint density at radius 1 is 1.35 bits per heavy atom. The van der Waals surface area contributed by atoms with Crippen LogP contribution in [0, 0.1) is 0 Å². The van der Waals surface area contributed by atoms with Gasteiger partial charge in [-0.1, -0.05) is 6.07 Å². The van der Waals surface area contributed by atoms with Crippen molar-refractivity contribution >= 4 is 11.9 Å². The van der Waals surface area contributed by atoms with E-state index in [1.807, 2.05) is 6.07 Å². The van der Waals surface area contributed by atoms with Crippen LogP contribution in [0.4, 0.5) is 0 Å². The maximum atomic E-state index is 12.4. The van der Waals surface area contributed by atoms with Crippen LogP contribution in [-0.2, 0) is 19.1 Å². The average Bonchev–Trinajstić information content (AvgIpc) is 2.91. The number of aliphatic hydroxyl groups excluding tert-OH is 3. The molecule has 3 N–H and O–H groups in total. The van der Waals surface area contributed by atoms with Crippen LogP contribution in [0.2, 0.25) is 0 Å². The van der Waals surface area contributed by atoms with Crippen LogP contribution in [-0.4, -0.2) is 80.9 Å². The van der Waals surface area contributed by atoms with Crippen LogP contribution < -0.4 is 5.11 Å². The number of carboxylic acids is 1. The third-order valence-corrected chi connectivity index (χ3v) is 4.70. The number of likely N-dealkylation sites (N-methyl/N-ethyl adjacent to an activating group) is 1. The highest BCUT2D eigenvalue weighted by atomic mass is 16.7. The molecule has 3 heterocycles. The normalized spacial score (nSPS) is 37.8. The van der Waals surface area contributed by atoms with E-state index in [4.69, 9.17) is 9.47 Å². The van der Waals surface area contributed by atoms with E-state index in [1.165, 1.54) is 4.90 Å². The largest absolute Gasteiger partial charge is 0.547 e. The second-order valence-corrected chi connectivity index (χ2v) is 6.33. The van der Waals surface area contributed by atoms with E-state index in [0.29, 0.717) is 0 Å². The lowest BCUT2D eigenvalue weighted by Gasteiger charge is -2.41. The minimum Gasteiger partial charge on any atom is -0.547 e. The fourth-order valence-electron chi connectivity index (χ4n) is 3.21. The lowest BCUT2D eigenvalue weighted by atomic mass is 9.99. The van der Waals surface area contributed by atoms with Gasteiger partial charge in [0.25, 0.3) is 5.91 Å². The molecule has 2 saturated heterocycles. The van der Waals surface area contributed by atoms with Crippen molar-refractivity contribution in [1.82, 2.24) is 9.88 Å². The van der Waals surface area contributed by atoms with Crippen molar-refractivity contribution in [3.63, 3.8) is 0 Å². The van der Waals surface area contributed by atoms with Gasteiger partial charge in [-0.25, -0.2) is 0 Å². The van der Waals surface area contributed by atoms with Crippen molar-refractivity contribution < 1.29 is 39.5 Å². The van der Waals surface area contributed by atoms with E-state index in [9.17, 15) is 30.0 Å². The molecule has 10 heteroatoms. The maximum absolute atomic E-state index is 12.4. The lowest BCUT2D eigenvalue weighted by Crippen LogP contribution is -2.63. The minimum atomic E-state index is -1.89. The summed E-state index contributed by atoms with van der Waals surface area (Å²) in [5, 5.41) is 40.5. The summed E-state index contributed by atoms with van der Waals surface area (Å²) in [6, 6.07) is 3.23. The SMILES string of the molecule is CN1C(=O)[C@H](O[C@@H]2O[C@H](C(=O)[O-])[C@@H](O)[C@H](O)[C@H]2O)C[C@H]1c1cccnc1. The van der Waals surface area contributed by atoms with Gasteiger partial charge in [0.05, 0.1) is 12.0 Å². The fourth-order valence-corrected chi connectivity index (χ4v) is 3.21. The third kappa shape index (κ3) is 3.29. The molecule has 142 valence electrons. The monoisotopic (exact) mass is 367 g/mol.